The van der Waals surface area contributed by atoms with Crippen molar-refractivity contribution in [1.82, 2.24) is 0 Å². The Kier molecular flexibility index (Phi) is 0.928. The molecule has 2 heteroatoms. The molecular weight excluding hydrogens is 103 g/mol. The Hall–Kier alpha value is 0.492. The van der Waals surface area contributed by atoms with Crippen molar-refractivity contribution >= 4 is 14.5 Å². The quantitative estimate of drug-likeness (QED) is 0.337. The van der Waals surface area contributed by atoms with Crippen LogP contribution in [0.1, 0.15) is 19.3 Å². The standard InChI is InChI=1S/C5H9O.Al/c1-2-3-4-5-6;/h5H,1-4H2;/q-1;+1. The largest absolute Gasteiger partial charge is 0.506 e. The summed E-state index contributed by atoms with van der Waals surface area (Å²) in [6.45, 7) is 0. The summed E-state index contributed by atoms with van der Waals surface area (Å²) in [5, 5.41) is 1.48. The van der Waals surface area contributed by atoms with E-state index in [1.54, 1.807) is 0 Å². The van der Waals surface area contributed by atoms with Crippen molar-refractivity contribution in [3.05, 3.63) is 0 Å². The first-order valence-corrected chi connectivity index (χ1v) is 5.08. The lowest BCUT2D eigenvalue weighted by Gasteiger charge is -1.98. The third-order valence-electron chi connectivity index (χ3n) is 1.91. The van der Waals surface area contributed by atoms with E-state index >= 15 is 0 Å². The van der Waals surface area contributed by atoms with Crippen LogP contribution in [0.2, 0.25) is 5.28 Å². The molecule has 0 aromatic heterocycles. The van der Waals surface area contributed by atoms with E-state index in [2.05, 4.69) is 0 Å². The Bertz CT molecular complexity index is 74.1. The molecule has 0 radical (unpaired) electrons. The smallest absolute Gasteiger partial charge is 0.488 e. The fraction of sp³-hybridized carbons (Fsp3) is 1.00. The van der Waals surface area contributed by atoms with Gasteiger partial charge in [0.2, 0.25) is 0 Å². The zero-order chi connectivity index (χ0) is 4.69. The second kappa shape index (κ2) is 1.48. The van der Waals surface area contributed by atoms with Gasteiger partial charge >= 0.3 is 14.5 Å². The minimum absolute atomic E-state index is 0.428. The lowest BCUT2D eigenvalue weighted by Crippen LogP contribution is -2.03. The summed E-state index contributed by atoms with van der Waals surface area (Å²) < 4.78 is 5.42. The normalized spacial score (nSPS) is 37.7. The minimum Gasteiger partial charge on any atom is -0.506 e. The summed E-state index contributed by atoms with van der Waals surface area (Å²) in [6, 6.07) is 0. The van der Waals surface area contributed by atoms with E-state index in [9.17, 15) is 0 Å². The molecule has 0 aliphatic carbocycles. The van der Waals surface area contributed by atoms with Crippen LogP contribution in [0.3, 0.4) is 0 Å². The topological polar surface area (TPSA) is 12.5 Å². The predicted octanol–water partition coefficient (Wildman–Crippen LogP) is 1.10. The molecule has 0 spiro atoms. The molecule has 0 amide bonds. The van der Waals surface area contributed by atoms with Crippen molar-refractivity contribution in [2.45, 2.75) is 29.5 Å². The fourth-order valence-electron chi connectivity index (χ4n) is 1.38. The van der Waals surface area contributed by atoms with E-state index in [0.29, 0.717) is 0 Å². The van der Waals surface area contributed by atoms with Gasteiger partial charge in [0.1, 0.15) is 0 Å². The van der Waals surface area contributed by atoms with E-state index in [4.69, 9.17) is 3.79 Å². The first kappa shape index (κ1) is 4.38. The maximum Gasteiger partial charge on any atom is 0.488 e. The highest BCUT2D eigenvalue weighted by atomic mass is 27.2. The van der Waals surface area contributed by atoms with Crippen LogP contribution in [0.4, 0.5) is 0 Å². The van der Waals surface area contributed by atoms with Crippen LogP contribution in [0.25, 0.3) is 0 Å². The molecule has 0 saturated carbocycles. The molecular formula is C5H9AlO. The van der Waals surface area contributed by atoms with Crippen LogP contribution >= 0.6 is 0 Å². The first-order valence-electron chi connectivity index (χ1n) is 3.12. The summed E-state index contributed by atoms with van der Waals surface area (Å²) in [6.07, 6.45) is 4.30. The summed E-state index contributed by atoms with van der Waals surface area (Å²) >= 11 is -0.428. The van der Waals surface area contributed by atoms with Crippen LogP contribution in [0.15, 0.2) is 0 Å². The Morgan fingerprint density at radius 3 is 3.00 bits per heavy atom. The molecule has 7 heavy (non-hydrogen) atoms. The molecule has 0 aromatic rings. The van der Waals surface area contributed by atoms with Gasteiger partial charge in [-0.2, -0.15) is 0 Å². The van der Waals surface area contributed by atoms with Gasteiger partial charge in [0, 0.05) is 4.97 Å². The highest BCUT2D eigenvalue weighted by Gasteiger charge is 2.48. The molecule has 0 aromatic carbocycles. The van der Waals surface area contributed by atoms with Crippen LogP contribution in [-0.4, -0.2) is 19.4 Å². The molecule has 2 fully saturated rings. The molecule has 2 saturated heterocycles. The van der Waals surface area contributed by atoms with Crippen LogP contribution < -0.4 is 0 Å². The van der Waals surface area contributed by atoms with Crippen LogP contribution in [0, 0.1) is 0 Å². The Labute approximate surface area is 48.4 Å². The summed E-state index contributed by atoms with van der Waals surface area (Å²) in [7, 11) is 0. The summed E-state index contributed by atoms with van der Waals surface area (Å²) in [5.74, 6) is 0. The Morgan fingerprint density at radius 1 is 1.43 bits per heavy atom. The molecule has 1 unspecified atom stereocenters. The molecule has 0 bridgehead atoms. The molecule has 38 valence electrons. The maximum absolute atomic E-state index is 5.42. The SMILES string of the molecule is C1C[CH2][Al]2[O][CH]2C1. The van der Waals surface area contributed by atoms with Crippen LogP contribution in [0.5, 0.6) is 0 Å². The van der Waals surface area contributed by atoms with Gasteiger partial charge in [0.25, 0.3) is 0 Å². The van der Waals surface area contributed by atoms with Gasteiger partial charge in [-0.1, -0.05) is 18.1 Å². The number of hydrogen-bond acceptors (Lipinski definition) is 1. The zero-order valence-corrected chi connectivity index (χ0v) is 5.55. The third-order valence-corrected chi connectivity index (χ3v) is 4.60. The van der Waals surface area contributed by atoms with Gasteiger partial charge in [0.15, 0.2) is 0 Å². The van der Waals surface area contributed by atoms with Crippen molar-refractivity contribution in [2.24, 2.45) is 0 Å². The van der Waals surface area contributed by atoms with E-state index < -0.39 is 14.5 Å². The minimum atomic E-state index is -0.428. The second-order valence-electron chi connectivity index (χ2n) is 2.50. The highest BCUT2D eigenvalue weighted by Crippen LogP contribution is 2.32. The average molecular weight is 112 g/mol. The fourth-order valence-corrected chi connectivity index (χ4v) is 4.01. The molecule has 2 aliphatic heterocycles. The van der Waals surface area contributed by atoms with Crippen LogP contribution in [-0.2, 0) is 3.79 Å². The summed E-state index contributed by atoms with van der Waals surface area (Å²) in [4.78, 5) is 0.841. The van der Waals surface area contributed by atoms with E-state index in [0.717, 1.165) is 4.97 Å². The van der Waals surface area contributed by atoms with E-state index in [1.165, 1.54) is 24.5 Å². The number of fused-ring (bicyclic) bond motifs is 1. The monoisotopic (exact) mass is 112 g/mol. The van der Waals surface area contributed by atoms with Gasteiger partial charge in [-0.15, -0.1) is 0 Å². The Morgan fingerprint density at radius 2 is 2.43 bits per heavy atom. The first-order chi connectivity index (χ1) is 3.47. The van der Waals surface area contributed by atoms with Crippen molar-refractivity contribution in [2.75, 3.05) is 0 Å². The van der Waals surface area contributed by atoms with Gasteiger partial charge in [-0.3, -0.25) is 0 Å². The molecule has 0 N–H and O–H groups in total. The second-order valence-corrected chi connectivity index (χ2v) is 5.17. The maximum atomic E-state index is 5.42. The molecule has 1 nitrogen and oxygen atoms in total. The molecule has 2 aliphatic rings. The summed E-state index contributed by atoms with van der Waals surface area (Å²) in [5.41, 5.74) is 0. The lowest BCUT2D eigenvalue weighted by atomic mass is 10.2. The van der Waals surface area contributed by atoms with Gasteiger partial charge in [-0.05, 0) is 6.42 Å². The third kappa shape index (κ3) is 0.720. The van der Waals surface area contributed by atoms with E-state index in [1.807, 2.05) is 0 Å². The lowest BCUT2D eigenvalue weighted by molar-refractivity contribution is 0.432. The number of rotatable bonds is 0. The van der Waals surface area contributed by atoms with Gasteiger partial charge < -0.3 is 3.79 Å². The van der Waals surface area contributed by atoms with Crippen molar-refractivity contribution < 1.29 is 3.79 Å². The number of hydrogen-bond donors (Lipinski definition) is 0. The molecule has 2 heterocycles. The van der Waals surface area contributed by atoms with Crippen molar-refractivity contribution in [3.63, 3.8) is 0 Å². The highest BCUT2D eigenvalue weighted by molar-refractivity contribution is 6.62. The average Bonchev–Trinajstić information content (AvgIpc) is 2.41. The predicted molar refractivity (Wildman–Crippen MR) is 29.3 cm³/mol. The van der Waals surface area contributed by atoms with E-state index in [-0.39, 0.29) is 0 Å². The Balaban J connectivity index is 1.95. The molecule has 2 rings (SSSR count). The molecule has 1 atom stereocenters. The van der Waals surface area contributed by atoms with Gasteiger partial charge in [0.05, 0.1) is 0 Å². The zero-order valence-electron chi connectivity index (χ0n) is 4.39. The van der Waals surface area contributed by atoms with Crippen molar-refractivity contribution in [1.29, 1.82) is 0 Å². The van der Waals surface area contributed by atoms with Gasteiger partial charge in [-0.25, -0.2) is 0 Å². The van der Waals surface area contributed by atoms with Crippen molar-refractivity contribution in [3.8, 4) is 0 Å².